The first kappa shape index (κ1) is 19.9. The number of imidazole rings is 2. The zero-order valence-corrected chi connectivity index (χ0v) is 17.8. The molecule has 164 valence electrons. The second kappa shape index (κ2) is 8.00. The largest absolute Gasteiger partial charge is 0.298 e. The number of hydrogen-bond acceptors (Lipinski definition) is 5. The van der Waals surface area contributed by atoms with E-state index in [1.54, 1.807) is 47.2 Å². The van der Waals surface area contributed by atoms with Crippen molar-refractivity contribution in [2.45, 2.75) is 6.42 Å². The van der Waals surface area contributed by atoms with Gasteiger partial charge < -0.3 is 0 Å². The van der Waals surface area contributed by atoms with Gasteiger partial charge in [-0.2, -0.15) is 5.10 Å². The van der Waals surface area contributed by atoms with Crippen LogP contribution in [0.25, 0.3) is 33.9 Å². The zero-order valence-electron chi connectivity index (χ0n) is 17.8. The van der Waals surface area contributed by atoms with E-state index in [1.165, 1.54) is 12.1 Å². The van der Waals surface area contributed by atoms with Crippen LogP contribution in [0, 0.1) is 5.82 Å². The lowest BCUT2D eigenvalue weighted by molar-refractivity contribution is 0.0987. The maximum absolute atomic E-state index is 13.5. The molecule has 0 aliphatic rings. The molecule has 5 aromatic heterocycles. The van der Waals surface area contributed by atoms with Crippen LogP contribution in [-0.4, -0.2) is 34.7 Å². The number of halogens is 1. The summed E-state index contributed by atoms with van der Waals surface area (Å²) in [5.74, 6) is -0.413. The van der Waals surface area contributed by atoms with Crippen molar-refractivity contribution in [1.82, 2.24) is 29.0 Å². The number of hydrogen-bond donors (Lipinski definition) is 0. The minimum Gasteiger partial charge on any atom is -0.298 e. The quantitative estimate of drug-likeness (QED) is 0.358. The number of carbonyl (C=O) groups is 1. The molecule has 1 aromatic carbocycles. The number of nitrogens with zero attached hydrogens (tertiary/aromatic N) is 6. The molecule has 0 amide bonds. The number of fused-ring (bicyclic) bond motifs is 2. The second-order valence-electron chi connectivity index (χ2n) is 7.81. The van der Waals surface area contributed by atoms with E-state index >= 15 is 0 Å². The smallest absolute Gasteiger partial charge is 0.187 e. The van der Waals surface area contributed by atoms with E-state index in [9.17, 15) is 9.18 Å². The molecule has 0 fully saturated rings. The van der Waals surface area contributed by atoms with Gasteiger partial charge in [0.15, 0.2) is 11.4 Å². The van der Waals surface area contributed by atoms with Crippen LogP contribution in [0.4, 0.5) is 4.39 Å². The number of ketones is 1. The predicted molar refractivity (Wildman–Crippen MR) is 125 cm³/mol. The van der Waals surface area contributed by atoms with Gasteiger partial charge in [0.2, 0.25) is 0 Å². The number of pyridine rings is 2. The summed E-state index contributed by atoms with van der Waals surface area (Å²) in [7, 11) is 0. The summed E-state index contributed by atoms with van der Waals surface area (Å²) in [5.41, 5.74) is 5.34. The third-order valence-electron chi connectivity index (χ3n) is 5.55. The molecular weight excluding hydrogens is 431 g/mol. The molecule has 0 atom stereocenters. The van der Waals surface area contributed by atoms with Crippen LogP contribution < -0.4 is 0 Å². The van der Waals surface area contributed by atoms with Gasteiger partial charge in [0.05, 0.1) is 24.0 Å². The Balaban J connectivity index is 1.43. The van der Waals surface area contributed by atoms with Crippen molar-refractivity contribution in [2.75, 3.05) is 0 Å². The Labute approximate surface area is 193 Å². The fourth-order valence-electron chi connectivity index (χ4n) is 3.97. The maximum atomic E-state index is 13.5. The first-order valence-electron chi connectivity index (χ1n) is 10.7. The van der Waals surface area contributed by atoms with Gasteiger partial charge in [-0.15, -0.1) is 0 Å². The molecule has 0 saturated heterocycles. The summed E-state index contributed by atoms with van der Waals surface area (Å²) < 4.78 is 17.1. The SMILES string of the molecule is O=C(Cc1cn2nc(-c3c(-c4ccc(F)cc4)nc4ccccn34)ccc2n1)c1ccccn1. The first-order valence-corrected chi connectivity index (χ1v) is 10.7. The van der Waals surface area contributed by atoms with Crippen LogP contribution in [0.3, 0.4) is 0 Å². The van der Waals surface area contributed by atoms with Crippen molar-refractivity contribution in [3.63, 3.8) is 0 Å². The van der Waals surface area contributed by atoms with E-state index in [4.69, 9.17) is 10.1 Å². The lowest BCUT2D eigenvalue weighted by Gasteiger charge is -2.05. The molecule has 6 aromatic rings. The monoisotopic (exact) mass is 448 g/mol. The molecule has 0 spiro atoms. The summed E-state index contributed by atoms with van der Waals surface area (Å²) in [6.07, 6.45) is 5.40. The molecule has 0 radical (unpaired) electrons. The highest BCUT2D eigenvalue weighted by Gasteiger charge is 2.18. The highest BCUT2D eigenvalue weighted by Crippen LogP contribution is 2.32. The number of Topliss-reactive ketones (excluding diaryl/α,β-unsaturated/α-hetero) is 1. The summed E-state index contributed by atoms with van der Waals surface area (Å²) in [6, 6.07) is 21.0. The van der Waals surface area contributed by atoms with Crippen LogP contribution in [-0.2, 0) is 6.42 Å². The van der Waals surface area contributed by atoms with Gasteiger partial charge in [0.1, 0.15) is 28.5 Å². The van der Waals surface area contributed by atoms with Crippen molar-refractivity contribution in [3.8, 4) is 22.6 Å². The van der Waals surface area contributed by atoms with E-state index in [1.807, 2.05) is 40.9 Å². The highest BCUT2D eigenvalue weighted by atomic mass is 19.1. The van der Waals surface area contributed by atoms with Gasteiger partial charge in [-0.3, -0.25) is 14.2 Å². The summed E-state index contributed by atoms with van der Waals surface area (Å²) in [5, 5.41) is 4.76. The molecular formula is C26H17FN6O. The normalized spacial score (nSPS) is 11.3. The third kappa shape index (κ3) is 3.51. The van der Waals surface area contributed by atoms with E-state index in [2.05, 4.69) is 9.97 Å². The lowest BCUT2D eigenvalue weighted by atomic mass is 10.1. The number of rotatable bonds is 5. The average Bonchev–Trinajstić information content (AvgIpc) is 3.45. The Bertz CT molecular complexity index is 1650. The molecule has 7 nitrogen and oxygen atoms in total. The molecule has 0 aliphatic carbocycles. The van der Waals surface area contributed by atoms with Crippen LogP contribution in [0.1, 0.15) is 16.2 Å². The van der Waals surface area contributed by atoms with Gasteiger partial charge in [-0.25, -0.2) is 18.9 Å². The van der Waals surface area contributed by atoms with Crippen LogP contribution >= 0.6 is 0 Å². The fraction of sp³-hybridized carbons (Fsp3) is 0.0385. The molecule has 0 aliphatic heterocycles. The van der Waals surface area contributed by atoms with Crippen LogP contribution in [0.15, 0.2) is 91.4 Å². The molecule has 5 heterocycles. The molecule has 0 saturated carbocycles. The lowest BCUT2D eigenvalue weighted by Crippen LogP contribution is -2.05. The Kier molecular flexibility index (Phi) is 4.69. The van der Waals surface area contributed by atoms with Crippen molar-refractivity contribution in [3.05, 3.63) is 109 Å². The van der Waals surface area contributed by atoms with Gasteiger partial charge in [0, 0.05) is 18.0 Å². The number of benzene rings is 1. The Morgan fingerprint density at radius 1 is 0.882 bits per heavy atom. The van der Waals surface area contributed by atoms with Gasteiger partial charge >= 0.3 is 0 Å². The molecule has 6 rings (SSSR count). The molecule has 0 bridgehead atoms. The van der Waals surface area contributed by atoms with Crippen molar-refractivity contribution in [1.29, 1.82) is 0 Å². The summed E-state index contributed by atoms with van der Waals surface area (Å²) in [6.45, 7) is 0. The number of aromatic nitrogens is 6. The highest BCUT2D eigenvalue weighted by molar-refractivity contribution is 5.95. The van der Waals surface area contributed by atoms with E-state index in [0.29, 0.717) is 28.4 Å². The molecule has 34 heavy (non-hydrogen) atoms. The molecule has 8 heteroatoms. The van der Waals surface area contributed by atoms with E-state index in [0.717, 1.165) is 16.9 Å². The third-order valence-corrected chi connectivity index (χ3v) is 5.55. The van der Waals surface area contributed by atoms with E-state index in [-0.39, 0.29) is 18.0 Å². The second-order valence-corrected chi connectivity index (χ2v) is 7.81. The average molecular weight is 448 g/mol. The summed E-state index contributed by atoms with van der Waals surface area (Å²) in [4.78, 5) is 26.0. The van der Waals surface area contributed by atoms with Crippen molar-refractivity contribution < 1.29 is 9.18 Å². The summed E-state index contributed by atoms with van der Waals surface area (Å²) >= 11 is 0. The number of carbonyl (C=O) groups excluding carboxylic acids is 1. The van der Waals surface area contributed by atoms with Crippen LogP contribution in [0.5, 0.6) is 0 Å². The van der Waals surface area contributed by atoms with Crippen molar-refractivity contribution in [2.24, 2.45) is 0 Å². The van der Waals surface area contributed by atoms with E-state index < -0.39 is 0 Å². The van der Waals surface area contributed by atoms with Crippen molar-refractivity contribution >= 4 is 17.1 Å². The Hall–Kier alpha value is -4.72. The van der Waals surface area contributed by atoms with Gasteiger partial charge in [-0.05, 0) is 60.7 Å². The standard InChI is InChI=1S/C26H17FN6O/c27-18-9-7-17(8-10-18)25-26(32-14-4-2-6-23(32)30-25)21-11-12-24-29-19(16-33(24)31-21)15-22(34)20-5-1-3-13-28-20/h1-14,16H,15H2. The predicted octanol–water partition coefficient (Wildman–Crippen LogP) is 4.67. The van der Waals surface area contributed by atoms with Gasteiger partial charge in [0.25, 0.3) is 0 Å². The molecule has 0 N–H and O–H groups in total. The van der Waals surface area contributed by atoms with Crippen LogP contribution in [0.2, 0.25) is 0 Å². The topological polar surface area (TPSA) is 77.5 Å². The zero-order chi connectivity index (χ0) is 23.1. The minimum absolute atomic E-state index is 0.107. The maximum Gasteiger partial charge on any atom is 0.187 e. The van der Waals surface area contributed by atoms with Gasteiger partial charge in [-0.1, -0.05) is 12.1 Å². The Morgan fingerprint density at radius 3 is 2.56 bits per heavy atom. The minimum atomic E-state index is -0.306. The molecule has 0 unspecified atom stereocenters. The fourth-order valence-corrected chi connectivity index (χ4v) is 3.97. The Morgan fingerprint density at radius 2 is 1.74 bits per heavy atom. The first-order chi connectivity index (χ1) is 16.7.